The second-order valence-electron chi connectivity index (χ2n) is 6.67. The van der Waals surface area contributed by atoms with Gasteiger partial charge in [-0.2, -0.15) is 0 Å². The molecule has 1 aliphatic carbocycles. The van der Waals surface area contributed by atoms with Crippen LogP contribution in [0.5, 0.6) is 0 Å². The van der Waals surface area contributed by atoms with Gasteiger partial charge < -0.3 is 11.1 Å². The van der Waals surface area contributed by atoms with Gasteiger partial charge in [0.1, 0.15) is 0 Å². The molecular weight excluding hydrogens is 220 g/mol. The quantitative estimate of drug-likeness (QED) is 0.838. The summed E-state index contributed by atoms with van der Waals surface area (Å²) in [7, 11) is 0. The highest BCUT2D eigenvalue weighted by Gasteiger charge is 2.63. The predicted molar refractivity (Wildman–Crippen MR) is 77.3 cm³/mol. The molecule has 0 heterocycles. The summed E-state index contributed by atoms with van der Waals surface area (Å²) in [6.45, 7) is 11.4. The largest absolute Gasteiger partial charge is 0.323 e. The van der Waals surface area contributed by atoms with Crippen molar-refractivity contribution in [3.63, 3.8) is 0 Å². The van der Waals surface area contributed by atoms with Crippen molar-refractivity contribution in [2.75, 3.05) is 13.1 Å². The summed E-state index contributed by atoms with van der Waals surface area (Å²) in [5.74, 6) is 0.757. The number of benzene rings is 1. The molecule has 2 heteroatoms. The molecule has 0 aromatic heterocycles. The zero-order valence-electron chi connectivity index (χ0n) is 12.0. The first-order chi connectivity index (χ1) is 8.37. The average Bonchev–Trinajstić information content (AvgIpc) is 2.72. The van der Waals surface area contributed by atoms with Crippen LogP contribution in [0, 0.1) is 16.7 Å². The van der Waals surface area contributed by atoms with Crippen molar-refractivity contribution in [2.45, 2.75) is 33.7 Å². The summed E-state index contributed by atoms with van der Waals surface area (Å²) in [6, 6.07) is 10.4. The Morgan fingerprint density at radius 2 is 1.67 bits per heavy atom. The highest BCUT2D eigenvalue weighted by molar-refractivity contribution is 5.19. The third-order valence-corrected chi connectivity index (χ3v) is 5.26. The van der Waals surface area contributed by atoms with Gasteiger partial charge in [-0.05, 0) is 28.9 Å². The Labute approximate surface area is 111 Å². The molecule has 2 nitrogen and oxygen atoms in total. The summed E-state index contributed by atoms with van der Waals surface area (Å²) in [5.41, 5.74) is 8.29. The van der Waals surface area contributed by atoms with Crippen molar-refractivity contribution in [1.82, 2.24) is 5.32 Å². The van der Waals surface area contributed by atoms with Crippen LogP contribution in [0.25, 0.3) is 0 Å². The van der Waals surface area contributed by atoms with E-state index in [-0.39, 0.29) is 6.04 Å². The van der Waals surface area contributed by atoms with Crippen molar-refractivity contribution in [3.05, 3.63) is 35.9 Å². The molecule has 1 aromatic carbocycles. The Hall–Kier alpha value is -0.860. The molecule has 100 valence electrons. The molecule has 2 rings (SSSR count). The van der Waals surface area contributed by atoms with Crippen molar-refractivity contribution in [3.8, 4) is 0 Å². The second-order valence-corrected chi connectivity index (χ2v) is 6.67. The second kappa shape index (κ2) is 4.67. The van der Waals surface area contributed by atoms with E-state index in [0.29, 0.717) is 10.8 Å². The normalized spacial score (nSPS) is 22.7. The van der Waals surface area contributed by atoms with Gasteiger partial charge in [0.05, 0.1) is 0 Å². The first-order valence-electron chi connectivity index (χ1n) is 6.88. The lowest BCUT2D eigenvalue weighted by Crippen LogP contribution is -2.29. The fourth-order valence-corrected chi connectivity index (χ4v) is 3.04. The maximum atomic E-state index is 6.17. The molecule has 0 saturated heterocycles. The molecule has 0 bridgehead atoms. The fourth-order valence-electron chi connectivity index (χ4n) is 3.04. The number of hydrogen-bond acceptors (Lipinski definition) is 2. The molecule has 1 aliphatic rings. The standard InChI is InChI=1S/C16H26N2/c1-15(2)14(16(15,3)4)11-18-10-13(17)12-8-6-5-7-9-12/h5-9,13-14,18H,10-11,17H2,1-4H3. The third kappa shape index (κ3) is 2.32. The van der Waals surface area contributed by atoms with Gasteiger partial charge in [0.25, 0.3) is 0 Å². The summed E-state index contributed by atoms with van der Waals surface area (Å²) in [4.78, 5) is 0. The van der Waals surface area contributed by atoms with Crippen LogP contribution in [0.15, 0.2) is 30.3 Å². The van der Waals surface area contributed by atoms with E-state index in [1.54, 1.807) is 0 Å². The summed E-state index contributed by atoms with van der Waals surface area (Å²) >= 11 is 0. The van der Waals surface area contributed by atoms with Crippen LogP contribution in [0.3, 0.4) is 0 Å². The van der Waals surface area contributed by atoms with E-state index >= 15 is 0 Å². The van der Waals surface area contributed by atoms with Gasteiger partial charge in [-0.1, -0.05) is 58.0 Å². The molecule has 3 N–H and O–H groups in total. The van der Waals surface area contributed by atoms with Gasteiger partial charge in [0.15, 0.2) is 0 Å². The SMILES string of the molecule is CC1(C)C(CNCC(N)c2ccccc2)C1(C)C. The molecule has 1 fully saturated rings. The summed E-state index contributed by atoms with van der Waals surface area (Å²) in [6.07, 6.45) is 0. The molecule has 0 radical (unpaired) electrons. The molecule has 1 saturated carbocycles. The number of nitrogens with two attached hydrogens (primary N) is 1. The zero-order chi connectivity index (χ0) is 13.4. The first-order valence-corrected chi connectivity index (χ1v) is 6.88. The van der Waals surface area contributed by atoms with Crippen molar-refractivity contribution < 1.29 is 0 Å². The van der Waals surface area contributed by atoms with Crippen LogP contribution >= 0.6 is 0 Å². The summed E-state index contributed by atoms with van der Waals surface area (Å²) in [5, 5.41) is 3.53. The van der Waals surface area contributed by atoms with Crippen molar-refractivity contribution in [1.29, 1.82) is 0 Å². The molecule has 1 atom stereocenters. The molecule has 1 aromatic rings. The Morgan fingerprint density at radius 3 is 2.17 bits per heavy atom. The van der Waals surface area contributed by atoms with E-state index in [4.69, 9.17) is 5.73 Å². The molecule has 0 aliphatic heterocycles. The van der Waals surface area contributed by atoms with Gasteiger partial charge in [-0.25, -0.2) is 0 Å². The van der Waals surface area contributed by atoms with Gasteiger partial charge in [0.2, 0.25) is 0 Å². The minimum absolute atomic E-state index is 0.0937. The lowest BCUT2D eigenvalue weighted by atomic mass is 10.0. The van der Waals surface area contributed by atoms with Crippen LogP contribution in [0.2, 0.25) is 0 Å². The molecule has 18 heavy (non-hydrogen) atoms. The minimum Gasteiger partial charge on any atom is -0.323 e. The molecule has 0 amide bonds. The number of rotatable bonds is 5. The van der Waals surface area contributed by atoms with Gasteiger partial charge in [0, 0.05) is 12.6 Å². The topological polar surface area (TPSA) is 38.0 Å². The Balaban J connectivity index is 1.77. The number of nitrogens with one attached hydrogen (secondary N) is 1. The molecule has 1 unspecified atom stereocenters. The first kappa shape index (κ1) is 13.6. The predicted octanol–water partition coefficient (Wildman–Crippen LogP) is 2.96. The van der Waals surface area contributed by atoms with E-state index in [1.807, 2.05) is 18.2 Å². The smallest absolute Gasteiger partial charge is 0.0421 e. The van der Waals surface area contributed by atoms with Crippen molar-refractivity contribution >= 4 is 0 Å². The van der Waals surface area contributed by atoms with Crippen LogP contribution in [0.1, 0.15) is 39.3 Å². The van der Waals surface area contributed by atoms with Crippen LogP contribution in [-0.2, 0) is 0 Å². The van der Waals surface area contributed by atoms with E-state index in [0.717, 1.165) is 19.0 Å². The Kier molecular flexibility index (Phi) is 3.52. The Bertz CT molecular complexity index is 381. The van der Waals surface area contributed by atoms with Crippen LogP contribution < -0.4 is 11.1 Å². The van der Waals surface area contributed by atoms with Crippen molar-refractivity contribution in [2.24, 2.45) is 22.5 Å². The van der Waals surface area contributed by atoms with E-state index in [2.05, 4.69) is 45.1 Å². The van der Waals surface area contributed by atoms with E-state index in [1.165, 1.54) is 5.56 Å². The van der Waals surface area contributed by atoms with E-state index < -0.39 is 0 Å². The van der Waals surface area contributed by atoms with Crippen LogP contribution in [-0.4, -0.2) is 13.1 Å². The monoisotopic (exact) mass is 246 g/mol. The van der Waals surface area contributed by atoms with Crippen LogP contribution in [0.4, 0.5) is 0 Å². The minimum atomic E-state index is 0.0937. The average molecular weight is 246 g/mol. The van der Waals surface area contributed by atoms with Gasteiger partial charge >= 0.3 is 0 Å². The number of hydrogen-bond donors (Lipinski definition) is 2. The molecular formula is C16H26N2. The molecule has 0 spiro atoms. The lowest BCUT2D eigenvalue weighted by Gasteiger charge is -2.13. The highest BCUT2D eigenvalue weighted by atomic mass is 14.9. The van der Waals surface area contributed by atoms with Gasteiger partial charge in [-0.3, -0.25) is 0 Å². The lowest BCUT2D eigenvalue weighted by molar-refractivity contribution is 0.457. The maximum Gasteiger partial charge on any atom is 0.0421 e. The van der Waals surface area contributed by atoms with Gasteiger partial charge in [-0.15, -0.1) is 0 Å². The van der Waals surface area contributed by atoms with E-state index in [9.17, 15) is 0 Å². The zero-order valence-corrected chi connectivity index (χ0v) is 12.0. The summed E-state index contributed by atoms with van der Waals surface area (Å²) < 4.78 is 0. The maximum absolute atomic E-state index is 6.17. The highest BCUT2D eigenvalue weighted by Crippen LogP contribution is 2.67. The third-order valence-electron chi connectivity index (χ3n) is 5.26. The fraction of sp³-hybridized carbons (Fsp3) is 0.625. The Morgan fingerprint density at radius 1 is 1.11 bits per heavy atom.